The first-order chi connectivity index (χ1) is 8.31. The molecule has 0 aliphatic carbocycles. The molecule has 7 nitrogen and oxygen atoms in total. The first kappa shape index (κ1) is 11.6. The minimum Gasteiger partial charge on any atom is -0.493 e. The van der Waals surface area contributed by atoms with Crippen molar-refractivity contribution in [3.63, 3.8) is 0 Å². The molecule has 2 rings (SSSR count). The topological polar surface area (TPSA) is 80.7 Å². The number of hydrogen-bond acceptors (Lipinski definition) is 5. The van der Waals surface area contributed by atoms with Crippen molar-refractivity contribution < 1.29 is 4.74 Å². The molecule has 2 aromatic rings. The molecule has 1 atom stereocenters. The zero-order chi connectivity index (χ0) is 12.3. The Kier molecular flexibility index (Phi) is 3.38. The van der Waals surface area contributed by atoms with Crippen LogP contribution in [0.25, 0.3) is 0 Å². The van der Waals surface area contributed by atoms with Gasteiger partial charge in [-0.1, -0.05) is 0 Å². The van der Waals surface area contributed by atoms with Crippen molar-refractivity contribution in [2.45, 2.75) is 19.5 Å². The number of nitrogens with one attached hydrogen (secondary N) is 2. The third-order valence-corrected chi connectivity index (χ3v) is 2.63. The number of methoxy groups -OCH3 is 1. The van der Waals surface area contributed by atoms with Gasteiger partial charge >= 0.3 is 0 Å². The Morgan fingerprint density at radius 1 is 1.59 bits per heavy atom. The van der Waals surface area contributed by atoms with E-state index in [4.69, 9.17) is 4.74 Å². The molecule has 0 aliphatic heterocycles. The second-order valence-corrected chi connectivity index (χ2v) is 3.51. The van der Waals surface area contributed by atoms with Gasteiger partial charge in [-0.25, -0.2) is 4.98 Å². The molecular formula is C10H16N6O. The summed E-state index contributed by atoms with van der Waals surface area (Å²) in [5.74, 6) is 1.48. The number of nitrogens with zero attached hydrogens (tertiary/aromatic N) is 4. The second-order valence-electron chi connectivity index (χ2n) is 3.51. The lowest BCUT2D eigenvalue weighted by molar-refractivity contribution is 0.399. The van der Waals surface area contributed by atoms with Crippen molar-refractivity contribution in [1.82, 2.24) is 30.3 Å². The number of aromatic nitrogens is 5. The molecule has 0 saturated carbocycles. The molecule has 2 aromatic heterocycles. The van der Waals surface area contributed by atoms with Gasteiger partial charge in [0.2, 0.25) is 0 Å². The standard InChI is InChI=1S/C10H16N6O/c1-4-16-9(7(17-3)5-14-16)8(11-2)10-12-6-13-15-10/h5-6,8,11H,4H2,1-3H3,(H,12,13,15). The highest BCUT2D eigenvalue weighted by atomic mass is 16.5. The van der Waals surface area contributed by atoms with Crippen LogP contribution in [0, 0.1) is 0 Å². The summed E-state index contributed by atoms with van der Waals surface area (Å²) in [4.78, 5) is 4.17. The van der Waals surface area contributed by atoms with Gasteiger partial charge in [-0.2, -0.15) is 10.2 Å². The van der Waals surface area contributed by atoms with E-state index in [1.807, 2.05) is 18.7 Å². The highest BCUT2D eigenvalue weighted by Gasteiger charge is 2.23. The molecule has 0 radical (unpaired) electrons. The number of aryl methyl sites for hydroxylation is 1. The Morgan fingerprint density at radius 3 is 2.94 bits per heavy atom. The van der Waals surface area contributed by atoms with Gasteiger partial charge in [0.15, 0.2) is 5.75 Å². The van der Waals surface area contributed by atoms with Crippen molar-refractivity contribution in [2.75, 3.05) is 14.2 Å². The SMILES string of the molecule is CCn1ncc(OC)c1C(NC)c1ncn[nH]1. The maximum absolute atomic E-state index is 5.32. The number of aromatic amines is 1. The molecule has 0 amide bonds. The van der Waals surface area contributed by atoms with Gasteiger partial charge in [-0.15, -0.1) is 0 Å². The summed E-state index contributed by atoms with van der Waals surface area (Å²) in [6, 6.07) is -0.116. The van der Waals surface area contributed by atoms with Gasteiger partial charge in [0.05, 0.1) is 13.3 Å². The van der Waals surface area contributed by atoms with Crippen LogP contribution in [0.2, 0.25) is 0 Å². The van der Waals surface area contributed by atoms with Gasteiger partial charge < -0.3 is 10.1 Å². The first-order valence-corrected chi connectivity index (χ1v) is 5.44. The molecular weight excluding hydrogens is 220 g/mol. The Labute approximate surface area is 99.2 Å². The van der Waals surface area contributed by atoms with Crippen LogP contribution in [0.5, 0.6) is 5.75 Å². The summed E-state index contributed by atoms with van der Waals surface area (Å²) in [7, 11) is 3.49. The molecule has 0 bridgehead atoms. The maximum atomic E-state index is 5.32. The van der Waals surface area contributed by atoms with E-state index in [9.17, 15) is 0 Å². The average molecular weight is 236 g/mol. The van der Waals surface area contributed by atoms with Crippen LogP contribution in [-0.2, 0) is 6.54 Å². The van der Waals surface area contributed by atoms with E-state index < -0.39 is 0 Å². The molecule has 1 unspecified atom stereocenters. The minimum absolute atomic E-state index is 0.116. The number of ether oxygens (including phenoxy) is 1. The quantitative estimate of drug-likeness (QED) is 0.782. The van der Waals surface area contributed by atoms with E-state index in [1.165, 1.54) is 6.33 Å². The molecule has 2 N–H and O–H groups in total. The van der Waals surface area contributed by atoms with Crippen LogP contribution < -0.4 is 10.1 Å². The van der Waals surface area contributed by atoms with Crippen molar-refractivity contribution in [3.05, 3.63) is 24.0 Å². The Bertz CT molecular complexity index is 442. The molecule has 17 heavy (non-hydrogen) atoms. The summed E-state index contributed by atoms with van der Waals surface area (Å²) in [6.45, 7) is 2.80. The highest BCUT2D eigenvalue weighted by Crippen LogP contribution is 2.27. The fourth-order valence-electron chi connectivity index (χ4n) is 1.84. The summed E-state index contributed by atoms with van der Waals surface area (Å²) in [5, 5.41) is 14.2. The summed E-state index contributed by atoms with van der Waals surface area (Å²) >= 11 is 0. The summed E-state index contributed by atoms with van der Waals surface area (Å²) in [6.07, 6.45) is 3.19. The van der Waals surface area contributed by atoms with Crippen LogP contribution in [0.15, 0.2) is 12.5 Å². The van der Waals surface area contributed by atoms with Crippen LogP contribution in [0.4, 0.5) is 0 Å². The Morgan fingerprint density at radius 2 is 2.41 bits per heavy atom. The van der Waals surface area contributed by atoms with E-state index in [2.05, 4.69) is 25.6 Å². The van der Waals surface area contributed by atoms with Gasteiger partial charge in [0.25, 0.3) is 0 Å². The second kappa shape index (κ2) is 4.96. The molecule has 0 aliphatic rings. The summed E-state index contributed by atoms with van der Waals surface area (Å²) in [5.41, 5.74) is 0.939. The average Bonchev–Trinajstić information content (AvgIpc) is 2.99. The fourth-order valence-corrected chi connectivity index (χ4v) is 1.84. The Hall–Kier alpha value is -1.89. The van der Waals surface area contributed by atoms with Crippen LogP contribution >= 0.6 is 0 Å². The number of rotatable bonds is 5. The van der Waals surface area contributed by atoms with Crippen LogP contribution in [0.1, 0.15) is 24.5 Å². The van der Waals surface area contributed by atoms with Crippen LogP contribution in [-0.4, -0.2) is 39.1 Å². The number of H-pyrrole nitrogens is 1. The molecule has 0 aromatic carbocycles. The molecule has 0 spiro atoms. The lowest BCUT2D eigenvalue weighted by Crippen LogP contribution is -2.23. The number of hydrogen-bond donors (Lipinski definition) is 2. The zero-order valence-corrected chi connectivity index (χ0v) is 10.1. The van der Waals surface area contributed by atoms with Gasteiger partial charge in [0, 0.05) is 6.54 Å². The third kappa shape index (κ3) is 2.01. The van der Waals surface area contributed by atoms with Crippen molar-refractivity contribution in [2.24, 2.45) is 0 Å². The van der Waals surface area contributed by atoms with Crippen LogP contribution in [0.3, 0.4) is 0 Å². The minimum atomic E-state index is -0.116. The smallest absolute Gasteiger partial charge is 0.162 e. The normalized spacial score (nSPS) is 12.6. The first-order valence-electron chi connectivity index (χ1n) is 5.44. The summed E-state index contributed by atoms with van der Waals surface area (Å²) < 4.78 is 7.20. The monoisotopic (exact) mass is 236 g/mol. The van der Waals surface area contributed by atoms with Gasteiger partial charge in [-0.3, -0.25) is 9.78 Å². The maximum Gasteiger partial charge on any atom is 0.162 e. The predicted octanol–water partition coefficient (Wildman–Crippen LogP) is 0.338. The fraction of sp³-hybridized carbons (Fsp3) is 0.500. The van der Waals surface area contributed by atoms with Crippen molar-refractivity contribution in [1.29, 1.82) is 0 Å². The van der Waals surface area contributed by atoms with Crippen molar-refractivity contribution >= 4 is 0 Å². The molecule has 2 heterocycles. The van der Waals surface area contributed by atoms with E-state index in [1.54, 1.807) is 13.3 Å². The van der Waals surface area contributed by atoms with E-state index >= 15 is 0 Å². The molecule has 7 heteroatoms. The predicted molar refractivity (Wildman–Crippen MR) is 61.7 cm³/mol. The molecule has 92 valence electrons. The highest BCUT2D eigenvalue weighted by molar-refractivity contribution is 5.31. The van der Waals surface area contributed by atoms with E-state index in [0.29, 0.717) is 0 Å². The third-order valence-electron chi connectivity index (χ3n) is 2.63. The van der Waals surface area contributed by atoms with E-state index in [0.717, 1.165) is 23.8 Å². The lowest BCUT2D eigenvalue weighted by Gasteiger charge is -2.16. The van der Waals surface area contributed by atoms with Gasteiger partial charge in [0.1, 0.15) is 23.9 Å². The van der Waals surface area contributed by atoms with Crippen molar-refractivity contribution in [3.8, 4) is 5.75 Å². The Balaban J connectivity index is 2.46. The van der Waals surface area contributed by atoms with Gasteiger partial charge in [-0.05, 0) is 14.0 Å². The largest absolute Gasteiger partial charge is 0.493 e. The lowest BCUT2D eigenvalue weighted by atomic mass is 10.2. The molecule has 0 fully saturated rings. The zero-order valence-electron chi connectivity index (χ0n) is 10.1. The molecule has 0 saturated heterocycles. The van der Waals surface area contributed by atoms with E-state index in [-0.39, 0.29) is 6.04 Å².